The largest absolute Gasteiger partial charge is 0.319 e. The first-order valence-electron chi connectivity index (χ1n) is 9.43. The fourth-order valence-electron chi connectivity index (χ4n) is 3.96. The molecule has 0 amide bonds. The molecule has 5 rings (SSSR count). The molecule has 29 heavy (non-hydrogen) atoms. The molecule has 0 fully saturated rings. The van der Waals surface area contributed by atoms with E-state index in [9.17, 15) is 8.42 Å². The fourth-order valence-corrected chi connectivity index (χ4v) is 6.64. The average molecular weight is 421 g/mol. The fraction of sp³-hybridized carbons (Fsp3) is 0.130. The Balaban J connectivity index is 1.78. The number of fused-ring (bicyclic) bond motifs is 3. The van der Waals surface area contributed by atoms with Crippen LogP contribution in [0.1, 0.15) is 28.4 Å². The van der Waals surface area contributed by atoms with Crippen LogP contribution in [0.2, 0.25) is 0 Å². The zero-order chi connectivity index (χ0) is 20.0. The van der Waals surface area contributed by atoms with Crippen LogP contribution < -0.4 is 0 Å². The highest BCUT2D eigenvalue weighted by molar-refractivity contribution is 7.91. The Bertz CT molecular complexity index is 1260. The number of hydrogen-bond donors (Lipinski definition) is 0. The quantitative estimate of drug-likeness (QED) is 0.460. The molecule has 146 valence electrons. The van der Waals surface area contributed by atoms with Gasteiger partial charge in [0.1, 0.15) is 4.21 Å². The van der Waals surface area contributed by atoms with Crippen molar-refractivity contribution in [2.75, 3.05) is 0 Å². The van der Waals surface area contributed by atoms with E-state index in [1.54, 1.807) is 16.4 Å². The van der Waals surface area contributed by atoms with Crippen molar-refractivity contribution in [3.8, 4) is 5.69 Å². The van der Waals surface area contributed by atoms with E-state index in [2.05, 4.69) is 4.57 Å². The highest BCUT2D eigenvalue weighted by atomic mass is 32.2. The van der Waals surface area contributed by atoms with Gasteiger partial charge in [-0.2, -0.15) is 4.31 Å². The molecule has 1 aliphatic rings. The Morgan fingerprint density at radius 2 is 1.72 bits per heavy atom. The summed E-state index contributed by atoms with van der Waals surface area (Å²) in [5.41, 5.74) is 5.06. The minimum atomic E-state index is -3.67. The molecule has 3 heterocycles. The van der Waals surface area contributed by atoms with Gasteiger partial charge in [0, 0.05) is 24.1 Å². The smallest absolute Gasteiger partial charge is 0.253 e. The van der Waals surface area contributed by atoms with Crippen molar-refractivity contribution in [2.24, 2.45) is 0 Å². The summed E-state index contributed by atoms with van der Waals surface area (Å²) in [6, 6.07) is 23.2. The number of thiophene rings is 1. The summed E-state index contributed by atoms with van der Waals surface area (Å²) in [4.78, 5) is 0. The zero-order valence-electron chi connectivity index (χ0n) is 15.9. The molecule has 0 spiro atoms. The third-order valence-corrected chi connectivity index (χ3v) is 8.56. The Morgan fingerprint density at radius 3 is 2.48 bits per heavy atom. The number of sulfonamides is 1. The van der Waals surface area contributed by atoms with Crippen LogP contribution in [-0.4, -0.2) is 17.3 Å². The number of para-hydroxylation sites is 1. The standard InChI is InChI=1S/C23H20N2O2S2/c1-17-10-12-18(13-11-17)23-21-8-4-14-24(21)20-7-3-2-6-19(20)16-25(23)29(26,27)22-9-5-15-28-22/h2-15,23H,16H2,1H3. The molecule has 6 heteroatoms. The molecular formula is C23H20N2O2S2. The minimum Gasteiger partial charge on any atom is -0.319 e. The number of aromatic nitrogens is 1. The van der Waals surface area contributed by atoms with E-state index >= 15 is 0 Å². The van der Waals surface area contributed by atoms with E-state index in [1.807, 2.05) is 79.2 Å². The van der Waals surface area contributed by atoms with Gasteiger partial charge in [-0.05, 0) is 47.7 Å². The molecule has 1 unspecified atom stereocenters. The van der Waals surface area contributed by atoms with Crippen molar-refractivity contribution < 1.29 is 8.42 Å². The van der Waals surface area contributed by atoms with Crippen LogP contribution in [0.25, 0.3) is 5.69 Å². The first-order chi connectivity index (χ1) is 14.1. The van der Waals surface area contributed by atoms with Crippen LogP contribution in [0.4, 0.5) is 0 Å². The molecule has 0 radical (unpaired) electrons. The monoisotopic (exact) mass is 420 g/mol. The molecule has 1 atom stereocenters. The van der Waals surface area contributed by atoms with Crippen molar-refractivity contribution in [1.29, 1.82) is 0 Å². The first-order valence-corrected chi connectivity index (χ1v) is 11.7. The summed E-state index contributed by atoms with van der Waals surface area (Å²) in [5.74, 6) is 0. The van der Waals surface area contributed by atoms with Crippen molar-refractivity contribution in [1.82, 2.24) is 8.87 Å². The maximum Gasteiger partial charge on any atom is 0.253 e. The Hall–Kier alpha value is -2.67. The van der Waals surface area contributed by atoms with Gasteiger partial charge >= 0.3 is 0 Å². The number of hydrogen-bond acceptors (Lipinski definition) is 3. The third-order valence-electron chi connectivity index (χ3n) is 5.38. The summed E-state index contributed by atoms with van der Waals surface area (Å²) in [5, 5.41) is 1.81. The molecule has 2 aromatic heterocycles. The van der Waals surface area contributed by atoms with Crippen molar-refractivity contribution >= 4 is 21.4 Å². The second-order valence-corrected chi connectivity index (χ2v) is 10.3. The minimum absolute atomic E-state index is 0.316. The van der Waals surface area contributed by atoms with Gasteiger partial charge in [0.05, 0.1) is 6.04 Å². The van der Waals surface area contributed by atoms with E-state index < -0.39 is 16.1 Å². The maximum atomic E-state index is 13.7. The lowest BCUT2D eigenvalue weighted by Crippen LogP contribution is -2.34. The van der Waals surface area contributed by atoms with Gasteiger partial charge in [0.15, 0.2) is 0 Å². The molecule has 0 saturated heterocycles. The van der Waals surface area contributed by atoms with Gasteiger partial charge in [-0.3, -0.25) is 0 Å². The topological polar surface area (TPSA) is 42.3 Å². The summed E-state index contributed by atoms with van der Waals surface area (Å²) in [6.45, 7) is 2.35. The van der Waals surface area contributed by atoms with Crippen LogP contribution in [-0.2, 0) is 16.6 Å². The summed E-state index contributed by atoms with van der Waals surface area (Å²) >= 11 is 1.26. The molecule has 0 saturated carbocycles. The predicted octanol–water partition coefficient (Wildman–Crippen LogP) is 5.14. The highest BCUT2D eigenvalue weighted by Crippen LogP contribution is 2.40. The van der Waals surface area contributed by atoms with Gasteiger partial charge in [-0.25, -0.2) is 8.42 Å². The maximum absolute atomic E-state index is 13.7. The van der Waals surface area contributed by atoms with Crippen LogP contribution in [0.3, 0.4) is 0 Å². The molecule has 1 aliphatic heterocycles. The number of rotatable bonds is 3. The molecule has 4 nitrogen and oxygen atoms in total. The van der Waals surface area contributed by atoms with Gasteiger partial charge in [-0.1, -0.05) is 54.1 Å². The average Bonchev–Trinajstić information content (AvgIpc) is 3.40. The van der Waals surface area contributed by atoms with E-state index in [0.29, 0.717) is 10.8 Å². The molecular weight excluding hydrogens is 400 g/mol. The predicted molar refractivity (Wildman–Crippen MR) is 116 cm³/mol. The van der Waals surface area contributed by atoms with Gasteiger partial charge in [0.25, 0.3) is 10.0 Å². The lowest BCUT2D eigenvalue weighted by atomic mass is 10.0. The summed E-state index contributed by atoms with van der Waals surface area (Å²) < 4.78 is 31.6. The number of benzene rings is 2. The Morgan fingerprint density at radius 1 is 0.931 bits per heavy atom. The van der Waals surface area contributed by atoms with Crippen LogP contribution in [0.15, 0.2) is 88.6 Å². The summed E-state index contributed by atoms with van der Waals surface area (Å²) in [6.07, 6.45) is 2.01. The number of aryl methyl sites for hydroxylation is 1. The van der Waals surface area contributed by atoms with Crippen molar-refractivity contribution in [3.05, 3.63) is 107 Å². The van der Waals surface area contributed by atoms with E-state index in [1.165, 1.54) is 11.3 Å². The van der Waals surface area contributed by atoms with Crippen molar-refractivity contribution in [3.63, 3.8) is 0 Å². The lowest BCUT2D eigenvalue weighted by molar-refractivity contribution is 0.354. The lowest BCUT2D eigenvalue weighted by Gasteiger charge is -2.29. The van der Waals surface area contributed by atoms with Gasteiger partial charge < -0.3 is 4.57 Å². The van der Waals surface area contributed by atoms with E-state index in [-0.39, 0.29) is 0 Å². The number of nitrogens with zero attached hydrogens (tertiary/aromatic N) is 2. The van der Waals surface area contributed by atoms with Gasteiger partial charge in [0.2, 0.25) is 0 Å². The second-order valence-electron chi connectivity index (χ2n) is 7.23. The van der Waals surface area contributed by atoms with Crippen molar-refractivity contribution in [2.45, 2.75) is 23.7 Å². The van der Waals surface area contributed by atoms with Crippen LogP contribution in [0.5, 0.6) is 0 Å². The van der Waals surface area contributed by atoms with Crippen LogP contribution >= 0.6 is 11.3 Å². The van der Waals surface area contributed by atoms with E-state index in [4.69, 9.17) is 0 Å². The molecule has 2 aromatic carbocycles. The first kappa shape index (κ1) is 18.4. The van der Waals surface area contributed by atoms with E-state index in [0.717, 1.165) is 28.1 Å². The highest BCUT2D eigenvalue weighted by Gasteiger charge is 2.38. The third kappa shape index (κ3) is 3.04. The SMILES string of the molecule is Cc1ccc(C2c3cccn3-c3ccccc3CN2S(=O)(=O)c2cccs2)cc1. The normalized spacial score (nSPS) is 16.8. The van der Waals surface area contributed by atoms with Gasteiger partial charge in [-0.15, -0.1) is 11.3 Å². The Labute approximate surface area is 174 Å². The van der Waals surface area contributed by atoms with Crippen LogP contribution in [0, 0.1) is 6.92 Å². The summed E-state index contributed by atoms with van der Waals surface area (Å²) in [7, 11) is -3.67. The molecule has 4 aromatic rings. The zero-order valence-corrected chi connectivity index (χ0v) is 17.5. The molecule has 0 N–H and O–H groups in total. The Kier molecular flexibility index (Phi) is 4.42. The molecule has 0 bridgehead atoms. The second kappa shape index (κ2) is 6.99. The molecule has 0 aliphatic carbocycles.